The van der Waals surface area contributed by atoms with E-state index < -0.39 is 9.84 Å². The van der Waals surface area contributed by atoms with Gasteiger partial charge in [-0.05, 0) is 25.0 Å². The highest BCUT2D eigenvalue weighted by atomic mass is 32.2. The van der Waals surface area contributed by atoms with Crippen LogP contribution in [-0.2, 0) is 16.9 Å². The molecule has 4 unspecified atom stereocenters. The predicted molar refractivity (Wildman–Crippen MR) is 130 cm³/mol. The zero-order valence-corrected chi connectivity index (χ0v) is 20.6. The van der Waals surface area contributed by atoms with Crippen LogP contribution in [0.25, 0.3) is 0 Å². The average Bonchev–Trinajstić information content (AvgIpc) is 3.41. The third kappa shape index (κ3) is 4.13. The summed E-state index contributed by atoms with van der Waals surface area (Å²) in [6, 6.07) is 5.60. The second-order valence-corrected chi connectivity index (χ2v) is 12.6. The molecule has 0 aliphatic carbocycles. The van der Waals surface area contributed by atoms with Crippen molar-refractivity contribution >= 4 is 15.7 Å². The van der Waals surface area contributed by atoms with Crippen molar-refractivity contribution in [3.05, 3.63) is 41.3 Å². The number of aryl methyl sites for hydroxylation is 2. The second kappa shape index (κ2) is 8.56. The van der Waals surface area contributed by atoms with Gasteiger partial charge in [0.1, 0.15) is 5.82 Å². The molecule has 0 saturated carbocycles. The highest BCUT2D eigenvalue weighted by Gasteiger charge is 2.43. The lowest BCUT2D eigenvalue weighted by molar-refractivity contribution is 0.179. The number of pyridine rings is 1. The first kappa shape index (κ1) is 22.4. The van der Waals surface area contributed by atoms with Gasteiger partial charge in [-0.25, -0.2) is 18.8 Å². The van der Waals surface area contributed by atoms with E-state index in [9.17, 15) is 8.42 Å². The number of hydrogen-bond donors (Lipinski definition) is 3. The molecule has 0 aromatic carbocycles. The van der Waals surface area contributed by atoms with Gasteiger partial charge in [0.2, 0.25) is 0 Å². The van der Waals surface area contributed by atoms with E-state index >= 15 is 0 Å². The number of nitrogens with zero attached hydrogens (tertiary/aromatic N) is 5. The van der Waals surface area contributed by atoms with E-state index in [1.165, 1.54) is 11.1 Å². The number of hydrogen-bond acceptors (Lipinski definition) is 9. The number of rotatable bonds is 4. The highest BCUT2D eigenvalue weighted by Crippen LogP contribution is 2.39. The molecule has 4 atom stereocenters. The van der Waals surface area contributed by atoms with E-state index in [1.54, 1.807) is 0 Å². The quantitative estimate of drug-likeness (QED) is 0.547. The molecule has 0 radical (unpaired) electrons. The number of piperidine rings is 1. The van der Waals surface area contributed by atoms with Gasteiger partial charge >= 0.3 is 0 Å². The lowest BCUT2D eigenvalue weighted by Gasteiger charge is -2.47. The predicted octanol–water partition coefficient (Wildman–Crippen LogP) is -0.0892. The number of hydrazine groups is 1. The molecule has 4 aliphatic rings. The minimum atomic E-state index is -2.84. The van der Waals surface area contributed by atoms with Gasteiger partial charge < -0.3 is 10.2 Å². The van der Waals surface area contributed by atoms with Crippen molar-refractivity contribution in [1.29, 1.82) is 0 Å². The summed E-state index contributed by atoms with van der Waals surface area (Å²) in [4.78, 5) is 9.82. The van der Waals surface area contributed by atoms with Crippen molar-refractivity contribution in [1.82, 2.24) is 35.8 Å². The molecule has 4 aliphatic heterocycles. The number of anilines is 1. The maximum absolute atomic E-state index is 11.8. The Bertz CT molecular complexity index is 1150. The first-order valence-corrected chi connectivity index (χ1v) is 14.1. The van der Waals surface area contributed by atoms with Gasteiger partial charge in [0, 0.05) is 75.6 Å². The summed E-state index contributed by atoms with van der Waals surface area (Å²) in [6.07, 6.45) is 5.09. The molecule has 6 rings (SSSR count). The smallest absolute Gasteiger partial charge is 0.152 e. The van der Waals surface area contributed by atoms with E-state index in [4.69, 9.17) is 4.98 Å². The molecule has 4 saturated heterocycles. The molecule has 2 aromatic heterocycles. The van der Waals surface area contributed by atoms with Gasteiger partial charge in [-0.3, -0.25) is 15.0 Å². The minimum Gasteiger partial charge on any atom is -0.353 e. The third-order valence-corrected chi connectivity index (χ3v) is 9.67. The molecule has 184 valence electrons. The Hall–Kier alpha value is -2.05. The first-order valence-electron chi connectivity index (χ1n) is 12.3. The normalized spacial score (nSPS) is 31.9. The van der Waals surface area contributed by atoms with Gasteiger partial charge in [0.25, 0.3) is 0 Å². The summed E-state index contributed by atoms with van der Waals surface area (Å²) in [7, 11) is -0.881. The van der Waals surface area contributed by atoms with Crippen LogP contribution in [0.15, 0.2) is 24.5 Å². The van der Waals surface area contributed by atoms with Crippen LogP contribution in [0.1, 0.15) is 35.3 Å². The average molecular weight is 487 g/mol. The first-order chi connectivity index (χ1) is 16.4. The standard InChI is InChI=1S/C23H34N8O2S/c1-15-3-4-19(26-23(15)31-13-17(14-31)30-5-7-34(32,33)8-6-30)22-18-9-20(16-10-25-29(2)12-16)24-11-21(18)27-28-22/h3-4,10,12,17-18,20-22,24,27-28H,5-9,11,13-14H2,1-2H3. The second-order valence-electron chi connectivity index (χ2n) is 10.3. The van der Waals surface area contributed by atoms with Gasteiger partial charge in [0.05, 0.1) is 29.4 Å². The zero-order valence-electron chi connectivity index (χ0n) is 19.8. The van der Waals surface area contributed by atoms with Crippen molar-refractivity contribution < 1.29 is 8.42 Å². The number of nitrogens with one attached hydrogen (secondary N) is 3. The molecule has 6 heterocycles. The van der Waals surface area contributed by atoms with Gasteiger partial charge in [0.15, 0.2) is 9.84 Å². The van der Waals surface area contributed by atoms with Crippen molar-refractivity contribution in [3.8, 4) is 0 Å². The maximum Gasteiger partial charge on any atom is 0.152 e. The molecule has 0 bridgehead atoms. The molecule has 4 fully saturated rings. The lowest BCUT2D eigenvalue weighted by Crippen LogP contribution is -2.62. The van der Waals surface area contributed by atoms with Crippen molar-refractivity contribution in [2.24, 2.45) is 13.0 Å². The summed E-state index contributed by atoms with van der Waals surface area (Å²) >= 11 is 0. The molecular formula is C23H34N8O2S. The molecule has 0 spiro atoms. The molecule has 34 heavy (non-hydrogen) atoms. The molecule has 0 amide bonds. The van der Waals surface area contributed by atoms with Crippen LogP contribution in [0.4, 0.5) is 5.82 Å². The fourth-order valence-electron chi connectivity index (χ4n) is 5.91. The van der Waals surface area contributed by atoms with Crippen LogP contribution in [0.2, 0.25) is 0 Å². The largest absolute Gasteiger partial charge is 0.353 e. The van der Waals surface area contributed by atoms with Gasteiger partial charge in [-0.1, -0.05) is 6.07 Å². The summed E-state index contributed by atoms with van der Waals surface area (Å²) in [5.41, 5.74) is 10.5. The maximum atomic E-state index is 11.8. The Labute approximate surface area is 201 Å². The topological polar surface area (TPSA) is 107 Å². The van der Waals surface area contributed by atoms with Crippen molar-refractivity contribution in [2.45, 2.75) is 37.5 Å². The Morgan fingerprint density at radius 1 is 1.12 bits per heavy atom. The van der Waals surface area contributed by atoms with E-state index in [0.29, 0.717) is 37.1 Å². The molecular weight excluding hydrogens is 452 g/mol. The summed E-state index contributed by atoms with van der Waals surface area (Å²) < 4.78 is 25.4. The molecule has 11 heteroatoms. The van der Waals surface area contributed by atoms with E-state index in [2.05, 4.69) is 56.3 Å². The van der Waals surface area contributed by atoms with E-state index in [1.807, 2.05) is 17.9 Å². The monoisotopic (exact) mass is 486 g/mol. The van der Waals surface area contributed by atoms with E-state index in [0.717, 1.165) is 37.6 Å². The van der Waals surface area contributed by atoms with E-state index in [-0.39, 0.29) is 17.5 Å². The Balaban J connectivity index is 1.14. The van der Waals surface area contributed by atoms with Crippen LogP contribution in [-0.4, -0.2) is 84.4 Å². The van der Waals surface area contributed by atoms with Crippen molar-refractivity contribution in [2.75, 3.05) is 49.1 Å². The SMILES string of the molecule is Cc1ccc(C2NNC3CNC(c4cnn(C)c4)CC32)nc1N1CC(N2CCS(=O)(=O)CC2)C1. The molecule has 10 nitrogen and oxygen atoms in total. The van der Waals surface area contributed by atoms with Crippen LogP contribution in [0.5, 0.6) is 0 Å². The van der Waals surface area contributed by atoms with Crippen LogP contribution < -0.4 is 21.1 Å². The van der Waals surface area contributed by atoms with Gasteiger partial charge in [-0.2, -0.15) is 5.10 Å². The minimum absolute atomic E-state index is 0.162. The number of fused-ring (bicyclic) bond motifs is 1. The Morgan fingerprint density at radius 3 is 2.65 bits per heavy atom. The Kier molecular flexibility index (Phi) is 5.64. The summed E-state index contributed by atoms with van der Waals surface area (Å²) in [5.74, 6) is 2.07. The lowest BCUT2D eigenvalue weighted by atomic mass is 9.82. The molecule has 3 N–H and O–H groups in total. The third-order valence-electron chi connectivity index (χ3n) is 8.06. The van der Waals surface area contributed by atoms with Crippen molar-refractivity contribution in [3.63, 3.8) is 0 Å². The fourth-order valence-corrected chi connectivity index (χ4v) is 7.14. The fraction of sp³-hybridized carbons (Fsp3) is 0.652. The summed E-state index contributed by atoms with van der Waals surface area (Å²) in [6.45, 7) is 6.16. The molecule has 2 aromatic rings. The van der Waals surface area contributed by atoms with Crippen LogP contribution in [0.3, 0.4) is 0 Å². The van der Waals surface area contributed by atoms with Gasteiger partial charge in [-0.15, -0.1) is 0 Å². The number of sulfone groups is 1. The highest BCUT2D eigenvalue weighted by molar-refractivity contribution is 7.91. The van der Waals surface area contributed by atoms with Crippen LogP contribution in [0, 0.1) is 12.8 Å². The zero-order chi connectivity index (χ0) is 23.4. The number of aromatic nitrogens is 3. The Morgan fingerprint density at radius 2 is 1.91 bits per heavy atom. The van der Waals surface area contributed by atoms with Crippen LogP contribution >= 0.6 is 0 Å². The summed E-state index contributed by atoms with van der Waals surface area (Å²) in [5, 5.41) is 8.02.